The Morgan fingerprint density at radius 2 is 2.13 bits per heavy atom. The Morgan fingerprint density at radius 1 is 1.39 bits per heavy atom. The molecule has 1 heterocycles. The number of hydrogen-bond acceptors (Lipinski definition) is 6. The van der Waals surface area contributed by atoms with Crippen molar-refractivity contribution in [3.8, 4) is 22.8 Å². The highest BCUT2D eigenvalue weighted by molar-refractivity contribution is 7.09. The number of phenols is 1. The molecule has 1 aromatic heterocycles. The van der Waals surface area contributed by atoms with E-state index in [0.29, 0.717) is 12.3 Å². The maximum Gasteiger partial charge on any atom is 0.408 e. The molecule has 0 fully saturated rings. The first-order chi connectivity index (χ1) is 10.8. The summed E-state index contributed by atoms with van der Waals surface area (Å²) in [7, 11) is 1.54. The number of carbonyl (C=O) groups excluding carboxylic acids is 1. The van der Waals surface area contributed by atoms with Gasteiger partial charge in [0.25, 0.3) is 0 Å². The van der Waals surface area contributed by atoms with Crippen LogP contribution in [-0.4, -0.2) is 28.9 Å². The molecule has 0 spiro atoms. The Kier molecular flexibility index (Phi) is 5.10. The first-order valence-electron chi connectivity index (χ1n) is 7.07. The number of ether oxygens (including phenoxy) is 2. The van der Waals surface area contributed by atoms with Gasteiger partial charge in [0.15, 0.2) is 0 Å². The lowest BCUT2D eigenvalue weighted by molar-refractivity contribution is 0.0523. The lowest BCUT2D eigenvalue weighted by Crippen LogP contribution is -2.32. The van der Waals surface area contributed by atoms with E-state index in [1.807, 2.05) is 26.2 Å². The minimum atomic E-state index is -0.530. The van der Waals surface area contributed by atoms with Gasteiger partial charge in [0.05, 0.1) is 19.3 Å². The molecule has 0 aliphatic rings. The number of thiazole rings is 1. The number of phenolic OH excluding ortho intramolecular Hbond substituents is 1. The standard InChI is InChI=1S/C16H20N2O4S/c1-16(2,3)22-15(20)17-8-14-18-12(9-23-14)11-6-5-10(19)7-13(11)21-4/h5-7,9,19H,8H2,1-4H3,(H,17,20). The summed E-state index contributed by atoms with van der Waals surface area (Å²) in [6.45, 7) is 5.72. The van der Waals surface area contributed by atoms with Crippen molar-refractivity contribution in [1.29, 1.82) is 0 Å². The Hall–Kier alpha value is -2.28. The molecule has 0 saturated carbocycles. The van der Waals surface area contributed by atoms with Crippen molar-refractivity contribution in [1.82, 2.24) is 10.3 Å². The normalized spacial score (nSPS) is 11.1. The third-order valence-corrected chi connectivity index (χ3v) is 3.64. The van der Waals surface area contributed by atoms with Crippen LogP contribution in [0.4, 0.5) is 4.79 Å². The number of nitrogens with zero attached hydrogens (tertiary/aromatic N) is 1. The second kappa shape index (κ2) is 6.87. The smallest absolute Gasteiger partial charge is 0.408 e. The third-order valence-electron chi connectivity index (χ3n) is 2.80. The summed E-state index contributed by atoms with van der Waals surface area (Å²) in [5, 5.41) is 14.8. The number of aromatic nitrogens is 1. The van der Waals surface area contributed by atoms with E-state index in [-0.39, 0.29) is 5.75 Å². The van der Waals surface area contributed by atoms with Crippen molar-refractivity contribution in [2.45, 2.75) is 32.9 Å². The van der Waals surface area contributed by atoms with Gasteiger partial charge in [0.2, 0.25) is 0 Å². The van der Waals surface area contributed by atoms with E-state index in [2.05, 4.69) is 10.3 Å². The van der Waals surface area contributed by atoms with Gasteiger partial charge in [-0.25, -0.2) is 9.78 Å². The van der Waals surface area contributed by atoms with E-state index in [4.69, 9.17) is 9.47 Å². The van der Waals surface area contributed by atoms with Crippen LogP contribution in [0, 0.1) is 0 Å². The van der Waals surface area contributed by atoms with Gasteiger partial charge >= 0.3 is 6.09 Å². The number of carbonyl (C=O) groups is 1. The lowest BCUT2D eigenvalue weighted by Gasteiger charge is -2.19. The van der Waals surface area contributed by atoms with Crippen molar-refractivity contribution in [2.75, 3.05) is 7.11 Å². The fourth-order valence-electron chi connectivity index (χ4n) is 1.87. The van der Waals surface area contributed by atoms with Gasteiger partial charge in [0, 0.05) is 17.0 Å². The van der Waals surface area contributed by atoms with Crippen LogP contribution in [0.15, 0.2) is 23.6 Å². The van der Waals surface area contributed by atoms with Gasteiger partial charge in [0.1, 0.15) is 22.1 Å². The topological polar surface area (TPSA) is 80.7 Å². The highest BCUT2D eigenvalue weighted by Gasteiger charge is 2.16. The lowest BCUT2D eigenvalue weighted by atomic mass is 10.1. The number of nitrogens with one attached hydrogen (secondary N) is 1. The summed E-state index contributed by atoms with van der Waals surface area (Å²) in [5.74, 6) is 0.676. The number of rotatable bonds is 4. The second-order valence-corrected chi connectivity index (χ2v) is 6.81. The van der Waals surface area contributed by atoms with Crippen LogP contribution < -0.4 is 10.1 Å². The van der Waals surface area contributed by atoms with Crippen LogP contribution in [-0.2, 0) is 11.3 Å². The van der Waals surface area contributed by atoms with Gasteiger partial charge in [-0.3, -0.25) is 0 Å². The average Bonchev–Trinajstić information content (AvgIpc) is 2.92. The van der Waals surface area contributed by atoms with Gasteiger partial charge in [-0.05, 0) is 32.9 Å². The van der Waals surface area contributed by atoms with Crippen molar-refractivity contribution >= 4 is 17.4 Å². The monoisotopic (exact) mass is 336 g/mol. The zero-order valence-corrected chi connectivity index (χ0v) is 14.4. The van der Waals surface area contributed by atoms with Crippen LogP contribution in [0.2, 0.25) is 0 Å². The minimum Gasteiger partial charge on any atom is -0.508 e. The zero-order chi connectivity index (χ0) is 17.0. The molecule has 1 aromatic carbocycles. The van der Waals surface area contributed by atoms with Gasteiger partial charge < -0.3 is 19.9 Å². The molecular weight excluding hydrogens is 316 g/mol. The zero-order valence-electron chi connectivity index (χ0n) is 13.5. The average molecular weight is 336 g/mol. The molecule has 2 aromatic rings. The van der Waals surface area contributed by atoms with Crippen LogP contribution in [0.3, 0.4) is 0 Å². The molecular formula is C16H20N2O4S. The molecule has 124 valence electrons. The van der Waals surface area contributed by atoms with Crippen LogP contribution in [0.25, 0.3) is 11.3 Å². The third kappa shape index (κ3) is 4.85. The fourth-order valence-corrected chi connectivity index (χ4v) is 2.60. The first-order valence-corrected chi connectivity index (χ1v) is 7.95. The van der Waals surface area contributed by atoms with Crippen molar-refractivity contribution < 1.29 is 19.4 Å². The van der Waals surface area contributed by atoms with Gasteiger partial charge in [-0.1, -0.05) is 0 Å². The van der Waals surface area contributed by atoms with Crippen LogP contribution in [0.5, 0.6) is 11.5 Å². The molecule has 2 N–H and O–H groups in total. The fraction of sp³-hybridized carbons (Fsp3) is 0.375. The largest absolute Gasteiger partial charge is 0.508 e. The molecule has 0 aliphatic heterocycles. The molecule has 0 atom stereocenters. The molecule has 0 unspecified atom stereocenters. The molecule has 1 amide bonds. The quantitative estimate of drug-likeness (QED) is 0.892. The number of methoxy groups -OCH3 is 1. The van der Waals surface area contributed by atoms with Gasteiger partial charge in [-0.2, -0.15) is 0 Å². The molecule has 0 radical (unpaired) electrons. The molecule has 2 rings (SSSR count). The van der Waals surface area contributed by atoms with E-state index in [0.717, 1.165) is 16.3 Å². The minimum absolute atomic E-state index is 0.132. The number of hydrogen-bond donors (Lipinski definition) is 2. The summed E-state index contributed by atoms with van der Waals surface area (Å²) in [6, 6.07) is 4.86. The molecule has 7 heteroatoms. The maximum atomic E-state index is 11.6. The van der Waals surface area contributed by atoms with E-state index in [9.17, 15) is 9.90 Å². The Morgan fingerprint density at radius 3 is 2.78 bits per heavy atom. The summed E-state index contributed by atoms with van der Waals surface area (Å²) in [5.41, 5.74) is 0.982. The Balaban J connectivity index is 2.05. The van der Waals surface area contributed by atoms with Gasteiger partial charge in [-0.15, -0.1) is 11.3 Å². The van der Waals surface area contributed by atoms with Crippen LogP contribution in [0.1, 0.15) is 25.8 Å². The predicted molar refractivity (Wildman–Crippen MR) is 88.8 cm³/mol. The summed E-state index contributed by atoms with van der Waals surface area (Å²) < 4.78 is 10.4. The summed E-state index contributed by atoms with van der Waals surface area (Å²) >= 11 is 1.43. The molecule has 0 bridgehead atoms. The number of aromatic hydroxyl groups is 1. The summed E-state index contributed by atoms with van der Waals surface area (Å²) in [4.78, 5) is 16.1. The number of amides is 1. The van der Waals surface area contributed by atoms with Crippen LogP contribution >= 0.6 is 11.3 Å². The van der Waals surface area contributed by atoms with Crippen molar-refractivity contribution in [3.05, 3.63) is 28.6 Å². The molecule has 6 nitrogen and oxygen atoms in total. The van der Waals surface area contributed by atoms with E-state index in [1.165, 1.54) is 24.5 Å². The maximum absolute atomic E-state index is 11.6. The highest BCUT2D eigenvalue weighted by atomic mass is 32.1. The molecule has 0 aliphatic carbocycles. The second-order valence-electron chi connectivity index (χ2n) is 5.87. The Bertz CT molecular complexity index is 692. The number of alkyl carbamates (subject to hydrolysis) is 1. The van der Waals surface area contributed by atoms with Crippen molar-refractivity contribution in [2.24, 2.45) is 0 Å². The van der Waals surface area contributed by atoms with Crippen molar-refractivity contribution in [3.63, 3.8) is 0 Å². The van der Waals surface area contributed by atoms with E-state index < -0.39 is 11.7 Å². The molecule has 0 saturated heterocycles. The predicted octanol–water partition coefficient (Wildman–Crippen LogP) is 3.55. The summed E-state index contributed by atoms with van der Waals surface area (Å²) in [6.07, 6.45) is -0.475. The Labute approximate surface area is 139 Å². The highest BCUT2D eigenvalue weighted by Crippen LogP contribution is 2.33. The molecule has 23 heavy (non-hydrogen) atoms. The van der Waals surface area contributed by atoms with E-state index in [1.54, 1.807) is 12.1 Å². The van der Waals surface area contributed by atoms with E-state index >= 15 is 0 Å². The first kappa shape index (κ1) is 17.1. The number of benzene rings is 1. The SMILES string of the molecule is COc1cc(O)ccc1-c1csc(CNC(=O)OC(C)(C)C)n1.